The molecule has 1 amide bonds. The Kier molecular flexibility index (Phi) is 5.34. The average Bonchev–Trinajstić information content (AvgIpc) is 2.86. The van der Waals surface area contributed by atoms with E-state index in [1.54, 1.807) is 18.9 Å². The van der Waals surface area contributed by atoms with Crippen LogP contribution >= 0.6 is 0 Å². The molecule has 1 aliphatic rings. The SMILES string of the molecule is CC(Nc1ccc(C(C)C)cc1)C(=O)N(C)C1CCS(=O)(=O)C1. The van der Waals surface area contributed by atoms with Gasteiger partial charge in [-0.05, 0) is 37.0 Å². The summed E-state index contributed by atoms with van der Waals surface area (Å²) < 4.78 is 23.1. The van der Waals surface area contributed by atoms with Gasteiger partial charge in [0.25, 0.3) is 0 Å². The van der Waals surface area contributed by atoms with E-state index in [0.29, 0.717) is 12.3 Å². The predicted molar refractivity (Wildman–Crippen MR) is 93.4 cm³/mol. The first-order valence-electron chi connectivity index (χ1n) is 8.03. The van der Waals surface area contributed by atoms with Gasteiger partial charge in [-0.25, -0.2) is 8.42 Å². The Balaban J connectivity index is 1.96. The number of likely N-dealkylation sites (N-methyl/N-ethyl adjacent to an activating group) is 1. The van der Waals surface area contributed by atoms with Crippen LogP contribution in [0.3, 0.4) is 0 Å². The summed E-state index contributed by atoms with van der Waals surface area (Å²) in [6, 6.07) is 7.45. The molecular formula is C17H26N2O3S. The van der Waals surface area contributed by atoms with Gasteiger partial charge in [0.2, 0.25) is 5.91 Å². The fourth-order valence-corrected chi connectivity index (χ4v) is 4.62. The molecule has 2 unspecified atom stereocenters. The maximum absolute atomic E-state index is 12.5. The maximum atomic E-state index is 12.5. The highest BCUT2D eigenvalue weighted by molar-refractivity contribution is 7.91. The first kappa shape index (κ1) is 17.8. The molecule has 6 heteroatoms. The minimum Gasteiger partial charge on any atom is -0.374 e. The molecule has 0 aliphatic carbocycles. The smallest absolute Gasteiger partial charge is 0.244 e. The van der Waals surface area contributed by atoms with Crippen LogP contribution < -0.4 is 5.32 Å². The fraction of sp³-hybridized carbons (Fsp3) is 0.588. The first-order chi connectivity index (χ1) is 10.7. The Labute approximate surface area is 139 Å². The van der Waals surface area contributed by atoms with Gasteiger partial charge in [0.15, 0.2) is 9.84 Å². The molecule has 5 nitrogen and oxygen atoms in total. The lowest BCUT2D eigenvalue weighted by Gasteiger charge is -2.27. The molecule has 2 atom stereocenters. The minimum atomic E-state index is -2.99. The second-order valence-corrected chi connectivity index (χ2v) is 8.88. The Morgan fingerprint density at radius 3 is 2.30 bits per heavy atom. The molecule has 0 radical (unpaired) electrons. The van der Waals surface area contributed by atoms with E-state index in [2.05, 4.69) is 31.3 Å². The van der Waals surface area contributed by atoms with E-state index in [0.717, 1.165) is 5.69 Å². The van der Waals surface area contributed by atoms with Crippen molar-refractivity contribution < 1.29 is 13.2 Å². The third-order valence-corrected chi connectivity index (χ3v) is 6.19. The van der Waals surface area contributed by atoms with Crippen molar-refractivity contribution in [3.8, 4) is 0 Å². The summed E-state index contributed by atoms with van der Waals surface area (Å²) in [5.74, 6) is 0.636. The van der Waals surface area contributed by atoms with Gasteiger partial charge in [0.1, 0.15) is 6.04 Å². The number of benzene rings is 1. The second kappa shape index (κ2) is 6.91. The van der Waals surface area contributed by atoms with Crippen LogP contribution in [-0.2, 0) is 14.6 Å². The van der Waals surface area contributed by atoms with Crippen molar-refractivity contribution in [3.05, 3.63) is 29.8 Å². The predicted octanol–water partition coefficient (Wildman–Crippen LogP) is 2.26. The van der Waals surface area contributed by atoms with Crippen molar-refractivity contribution in [2.24, 2.45) is 0 Å². The molecule has 1 saturated heterocycles. The van der Waals surface area contributed by atoms with Gasteiger partial charge in [-0.1, -0.05) is 26.0 Å². The zero-order chi connectivity index (χ0) is 17.2. The molecule has 1 aromatic carbocycles. The summed E-state index contributed by atoms with van der Waals surface area (Å²) in [6.07, 6.45) is 0.528. The number of nitrogens with one attached hydrogen (secondary N) is 1. The molecule has 0 spiro atoms. The van der Waals surface area contributed by atoms with Gasteiger partial charge in [-0.2, -0.15) is 0 Å². The molecular weight excluding hydrogens is 312 g/mol. The Morgan fingerprint density at radius 2 is 1.83 bits per heavy atom. The molecule has 1 aromatic rings. The van der Waals surface area contributed by atoms with Gasteiger partial charge in [0.05, 0.1) is 11.5 Å². The number of carbonyl (C=O) groups excluding carboxylic acids is 1. The van der Waals surface area contributed by atoms with E-state index in [-0.39, 0.29) is 23.5 Å². The molecule has 0 saturated carbocycles. The van der Waals surface area contributed by atoms with E-state index in [9.17, 15) is 13.2 Å². The van der Waals surface area contributed by atoms with Gasteiger partial charge < -0.3 is 10.2 Å². The summed E-state index contributed by atoms with van der Waals surface area (Å²) >= 11 is 0. The van der Waals surface area contributed by atoms with E-state index < -0.39 is 15.9 Å². The number of sulfone groups is 1. The van der Waals surface area contributed by atoms with Gasteiger partial charge >= 0.3 is 0 Å². The van der Waals surface area contributed by atoms with Crippen molar-refractivity contribution in [2.75, 3.05) is 23.9 Å². The van der Waals surface area contributed by atoms with E-state index in [4.69, 9.17) is 0 Å². The van der Waals surface area contributed by atoms with Crippen LogP contribution in [0.1, 0.15) is 38.7 Å². The van der Waals surface area contributed by atoms with E-state index in [1.165, 1.54) is 5.56 Å². The lowest BCUT2D eigenvalue weighted by Crippen LogP contribution is -2.45. The van der Waals surface area contributed by atoms with Crippen molar-refractivity contribution in [1.29, 1.82) is 0 Å². The van der Waals surface area contributed by atoms with Crippen LogP contribution in [0.4, 0.5) is 5.69 Å². The van der Waals surface area contributed by atoms with E-state index >= 15 is 0 Å². The Hall–Kier alpha value is -1.56. The number of hydrogen-bond donors (Lipinski definition) is 1. The topological polar surface area (TPSA) is 66.5 Å². The van der Waals surface area contributed by atoms with E-state index in [1.807, 2.05) is 12.1 Å². The van der Waals surface area contributed by atoms with Crippen LogP contribution in [0.5, 0.6) is 0 Å². The van der Waals surface area contributed by atoms with Crippen molar-refractivity contribution in [2.45, 2.75) is 45.2 Å². The van der Waals surface area contributed by atoms with Crippen LogP contribution in [0, 0.1) is 0 Å². The van der Waals surface area contributed by atoms with Crippen molar-refractivity contribution in [1.82, 2.24) is 4.90 Å². The monoisotopic (exact) mass is 338 g/mol. The fourth-order valence-electron chi connectivity index (χ4n) is 2.84. The Morgan fingerprint density at radius 1 is 1.22 bits per heavy atom. The molecule has 23 heavy (non-hydrogen) atoms. The molecule has 2 rings (SSSR count). The van der Waals surface area contributed by atoms with Crippen LogP contribution in [-0.4, -0.2) is 49.9 Å². The highest BCUT2D eigenvalue weighted by atomic mass is 32.2. The van der Waals surface area contributed by atoms with Crippen molar-refractivity contribution >= 4 is 21.4 Å². The van der Waals surface area contributed by atoms with Gasteiger partial charge in [0, 0.05) is 18.8 Å². The highest BCUT2D eigenvalue weighted by Crippen LogP contribution is 2.20. The quantitative estimate of drug-likeness (QED) is 0.894. The molecule has 1 fully saturated rings. The summed E-state index contributed by atoms with van der Waals surface area (Å²) in [5.41, 5.74) is 2.14. The second-order valence-electron chi connectivity index (χ2n) is 6.65. The lowest BCUT2D eigenvalue weighted by atomic mass is 10.0. The van der Waals surface area contributed by atoms with Crippen LogP contribution in [0.25, 0.3) is 0 Å². The highest BCUT2D eigenvalue weighted by Gasteiger charge is 2.34. The maximum Gasteiger partial charge on any atom is 0.244 e. The number of rotatable bonds is 5. The first-order valence-corrected chi connectivity index (χ1v) is 9.85. The average molecular weight is 338 g/mol. The molecule has 1 aliphatic heterocycles. The summed E-state index contributed by atoms with van der Waals surface area (Å²) in [6.45, 7) is 6.08. The third-order valence-electron chi connectivity index (χ3n) is 4.43. The molecule has 128 valence electrons. The minimum absolute atomic E-state index is 0.0744. The Bertz CT molecular complexity index is 653. The van der Waals surface area contributed by atoms with Crippen LogP contribution in [0.15, 0.2) is 24.3 Å². The summed E-state index contributed by atoms with van der Waals surface area (Å²) in [4.78, 5) is 14.1. The number of nitrogens with zero attached hydrogens (tertiary/aromatic N) is 1. The molecule has 0 aromatic heterocycles. The van der Waals surface area contributed by atoms with Gasteiger partial charge in [-0.15, -0.1) is 0 Å². The number of carbonyl (C=O) groups is 1. The number of amides is 1. The normalized spacial score (nSPS) is 21.2. The number of hydrogen-bond acceptors (Lipinski definition) is 4. The number of anilines is 1. The zero-order valence-corrected chi connectivity index (χ0v) is 15.1. The van der Waals surface area contributed by atoms with Crippen molar-refractivity contribution in [3.63, 3.8) is 0 Å². The summed E-state index contributed by atoms with van der Waals surface area (Å²) in [7, 11) is -1.30. The third kappa shape index (κ3) is 4.47. The largest absolute Gasteiger partial charge is 0.374 e. The molecule has 1 heterocycles. The summed E-state index contributed by atoms with van der Waals surface area (Å²) in [5, 5.41) is 3.19. The van der Waals surface area contributed by atoms with Gasteiger partial charge in [-0.3, -0.25) is 4.79 Å². The lowest BCUT2D eigenvalue weighted by molar-refractivity contribution is -0.132. The molecule has 0 bridgehead atoms. The zero-order valence-electron chi connectivity index (χ0n) is 14.2. The standard InChI is InChI=1S/C17H26N2O3S/c1-12(2)14-5-7-15(8-6-14)18-13(3)17(20)19(4)16-9-10-23(21,22)11-16/h5-8,12-13,16,18H,9-11H2,1-4H3. The molecule has 1 N–H and O–H groups in total. The van der Waals surface area contributed by atoms with Crippen LogP contribution in [0.2, 0.25) is 0 Å².